The Morgan fingerprint density at radius 3 is 2.67 bits per heavy atom. The summed E-state index contributed by atoms with van der Waals surface area (Å²) in [5.41, 5.74) is 7.06. The van der Waals surface area contributed by atoms with Gasteiger partial charge < -0.3 is 10.5 Å². The number of aromatic nitrogens is 1. The third-order valence-electron chi connectivity index (χ3n) is 3.20. The Bertz CT molecular complexity index is 587. The molecule has 0 aliphatic rings. The number of halogens is 2. The van der Waals surface area contributed by atoms with E-state index in [0.717, 1.165) is 18.2 Å². The van der Waals surface area contributed by atoms with Crippen molar-refractivity contribution < 1.29 is 13.5 Å². The number of pyridine rings is 1. The molecule has 0 radical (unpaired) electrons. The Hall–Kier alpha value is -2.01. The van der Waals surface area contributed by atoms with E-state index < -0.39 is 11.6 Å². The molecule has 112 valence electrons. The molecule has 0 amide bonds. The topological polar surface area (TPSA) is 48.1 Å². The molecule has 2 rings (SSSR count). The van der Waals surface area contributed by atoms with E-state index in [-0.39, 0.29) is 12.6 Å². The predicted molar refractivity (Wildman–Crippen MR) is 76.9 cm³/mol. The molecule has 1 heterocycles. The SMILES string of the molecule is CCC(N)Cc1ccc(OCc2ccc(F)cc2F)cn1. The van der Waals surface area contributed by atoms with Gasteiger partial charge in [-0.3, -0.25) is 4.98 Å². The number of benzene rings is 1. The van der Waals surface area contributed by atoms with Crippen LogP contribution >= 0.6 is 0 Å². The van der Waals surface area contributed by atoms with Crippen LogP contribution < -0.4 is 10.5 Å². The van der Waals surface area contributed by atoms with Gasteiger partial charge in [0, 0.05) is 29.8 Å². The average molecular weight is 292 g/mol. The normalized spacial score (nSPS) is 12.2. The molecule has 5 heteroatoms. The molecule has 0 saturated heterocycles. The standard InChI is InChI=1S/C16H18F2N2O/c1-2-13(19)8-14-5-6-15(9-20-14)21-10-11-3-4-12(17)7-16(11)18/h3-7,9,13H,2,8,10,19H2,1H3. The molecule has 1 aromatic heterocycles. The van der Waals surface area contributed by atoms with Gasteiger partial charge in [0.1, 0.15) is 24.0 Å². The van der Waals surface area contributed by atoms with Crippen molar-refractivity contribution >= 4 is 0 Å². The summed E-state index contributed by atoms with van der Waals surface area (Å²) >= 11 is 0. The van der Waals surface area contributed by atoms with Crippen molar-refractivity contribution in [3.05, 3.63) is 59.4 Å². The van der Waals surface area contributed by atoms with Gasteiger partial charge in [-0.2, -0.15) is 0 Å². The van der Waals surface area contributed by atoms with Crippen molar-refractivity contribution in [2.24, 2.45) is 5.73 Å². The van der Waals surface area contributed by atoms with Crippen LogP contribution in [0.15, 0.2) is 36.5 Å². The van der Waals surface area contributed by atoms with E-state index in [9.17, 15) is 8.78 Å². The summed E-state index contributed by atoms with van der Waals surface area (Å²) in [4.78, 5) is 4.26. The van der Waals surface area contributed by atoms with Crippen LogP contribution in [0.5, 0.6) is 5.75 Å². The highest BCUT2D eigenvalue weighted by molar-refractivity contribution is 5.22. The van der Waals surface area contributed by atoms with Gasteiger partial charge in [0.15, 0.2) is 0 Å². The van der Waals surface area contributed by atoms with Crippen LogP contribution in [-0.2, 0) is 13.0 Å². The smallest absolute Gasteiger partial charge is 0.138 e. The summed E-state index contributed by atoms with van der Waals surface area (Å²) in [5.74, 6) is -0.685. The predicted octanol–water partition coefficient (Wildman–Crippen LogP) is 3.22. The first kappa shape index (κ1) is 15.4. The Morgan fingerprint density at radius 2 is 2.05 bits per heavy atom. The summed E-state index contributed by atoms with van der Waals surface area (Å²) in [6, 6.07) is 7.12. The molecule has 2 N–H and O–H groups in total. The summed E-state index contributed by atoms with van der Waals surface area (Å²) in [6.45, 7) is 2.06. The number of nitrogens with two attached hydrogens (primary N) is 1. The molecule has 0 fully saturated rings. The second-order valence-electron chi connectivity index (χ2n) is 4.88. The molecular weight excluding hydrogens is 274 g/mol. The minimum Gasteiger partial charge on any atom is -0.487 e. The second kappa shape index (κ2) is 7.13. The fourth-order valence-electron chi connectivity index (χ4n) is 1.83. The Balaban J connectivity index is 1.94. The lowest BCUT2D eigenvalue weighted by molar-refractivity contribution is 0.298. The zero-order valence-electron chi connectivity index (χ0n) is 11.9. The molecule has 1 atom stereocenters. The lowest BCUT2D eigenvalue weighted by Crippen LogP contribution is -2.21. The van der Waals surface area contributed by atoms with Crippen molar-refractivity contribution in [3.8, 4) is 5.75 Å². The highest BCUT2D eigenvalue weighted by Crippen LogP contribution is 2.15. The molecule has 0 bridgehead atoms. The average Bonchev–Trinajstić information content (AvgIpc) is 2.48. The lowest BCUT2D eigenvalue weighted by Gasteiger charge is -2.10. The zero-order chi connectivity index (χ0) is 15.2. The van der Waals surface area contributed by atoms with E-state index in [2.05, 4.69) is 4.98 Å². The van der Waals surface area contributed by atoms with Crippen molar-refractivity contribution in [1.29, 1.82) is 0 Å². The van der Waals surface area contributed by atoms with Crippen LogP contribution in [0.1, 0.15) is 24.6 Å². The number of hydrogen-bond donors (Lipinski definition) is 1. The van der Waals surface area contributed by atoms with Crippen molar-refractivity contribution in [2.45, 2.75) is 32.4 Å². The largest absolute Gasteiger partial charge is 0.487 e. The van der Waals surface area contributed by atoms with Gasteiger partial charge in [0.05, 0.1) is 6.20 Å². The molecule has 3 nitrogen and oxygen atoms in total. The third kappa shape index (κ3) is 4.49. The summed E-state index contributed by atoms with van der Waals surface area (Å²) < 4.78 is 31.7. The Labute approximate surface area is 122 Å². The molecule has 1 unspecified atom stereocenters. The maximum absolute atomic E-state index is 13.5. The third-order valence-corrected chi connectivity index (χ3v) is 3.20. The van der Waals surface area contributed by atoms with Gasteiger partial charge in [-0.05, 0) is 30.7 Å². The first-order valence-electron chi connectivity index (χ1n) is 6.85. The van der Waals surface area contributed by atoms with E-state index in [1.54, 1.807) is 12.3 Å². The maximum atomic E-state index is 13.5. The first-order valence-corrected chi connectivity index (χ1v) is 6.85. The van der Waals surface area contributed by atoms with Crippen LogP contribution in [0.3, 0.4) is 0 Å². The number of hydrogen-bond acceptors (Lipinski definition) is 3. The molecule has 2 aromatic rings. The fourth-order valence-corrected chi connectivity index (χ4v) is 1.83. The fraction of sp³-hybridized carbons (Fsp3) is 0.312. The maximum Gasteiger partial charge on any atom is 0.138 e. The first-order chi connectivity index (χ1) is 10.1. The van der Waals surface area contributed by atoms with Gasteiger partial charge in [0.25, 0.3) is 0 Å². The molecule has 1 aromatic carbocycles. The van der Waals surface area contributed by atoms with Gasteiger partial charge in [-0.15, -0.1) is 0 Å². The van der Waals surface area contributed by atoms with E-state index in [1.807, 2.05) is 13.0 Å². The summed E-state index contributed by atoms with van der Waals surface area (Å²) in [7, 11) is 0. The van der Waals surface area contributed by atoms with Crippen LogP contribution in [-0.4, -0.2) is 11.0 Å². The molecule has 0 aliphatic heterocycles. The minimum absolute atomic E-state index is 0.0294. The monoisotopic (exact) mass is 292 g/mol. The van der Waals surface area contributed by atoms with E-state index in [4.69, 9.17) is 10.5 Å². The second-order valence-corrected chi connectivity index (χ2v) is 4.88. The molecule has 0 saturated carbocycles. The number of ether oxygens (including phenoxy) is 1. The van der Waals surface area contributed by atoms with Crippen molar-refractivity contribution in [1.82, 2.24) is 4.98 Å². The summed E-state index contributed by atoms with van der Waals surface area (Å²) in [5, 5.41) is 0. The number of nitrogens with zero attached hydrogens (tertiary/aromatic N) is 1. The van der Waals surface area contributed by atoms with Crippen molar-refractivity contribution in [2.75, 3.05) is 0 Å². The summed E-state index contributed by atoms with van der Waals surface area (Å²) in [6.07, 6.45) is 3.19. The lowest BCUT2D eigenvalue weighted by atomic mass is 10.1. The molecule has 0 spiro atoms. The van der Waals surface area contributed by atoms with Gasteiger partial charge >= 0.3 is 0 Å². The highest BCUT2D eigenvalue weighted by Gasteiger charge is 2.06. The van der Waals surface area contributed by atoms with Crippen molar-refractivity contribution in [3.63, 3.8) is 0 Å². The highest BCUT2D eigenvalue weighted by atomic mass is 19.1. The van der Waals surface area contributed by atoms with Crippen LogP contribution in [0, 0.1) is 11.6 Å². The van der Waals surface area contributed by atoms with Gasteiger partial charge in [-0.1, -0.05) is 6.92 Å². The zero-order valence-corrected chi connectivity index (χ0v) is 11.9. The Kier molecular flexibility index (Phi) is 5.22. The molecule has 21 heavy (non-hydrogen) atoms. The van der Waals surface area contributed by atoms with Gasteiger partial charge in [0.2, 0.25) is 0 Å². The van der Waals surface area contributed by atoms with Crippen LogP contribution in [0.2, 0.25) is 0 Å². The van der Waals surface area contributed by atoms with Crippen LogP contribution in [0.4, 0.5) is 8.78 Å². The number of rotatable bonds is 6. The quantitative estimate of drug-likeness (QED) is 0.889. The van der Waals surface area contributed by atoms with E-state index in [1.165, 1.54) is 12.1 Å². The minimum atomic E-state index is -0.617. The van der Waals surface area contributed by atoms with Gasteiger partial charge in [-0.25, -0.2) is 8.78 Å². The van der Waals surface area contributed by atoms with E-state index >= 15 is 0 Å². The van der Waals surface area contributed by atoms with Crippen LogP contribution in [0.25, 0.3) is 0 Å². The Morgan fingerprint density at radius 1 is 1.24 bits per heavy atom. The van der Waals surface area contributed by atoms with E-state index in [0.29, 0.717) is 17.7 Å². The molecule has 0 aliphatic carbocycles. The molecular formula is C16H18F2N2O.